The summed E-state index contributed by atoms with van der Waals surface area (Å²) in [6.07, 6.45) is 0.619. The summed E-state index contributed by atoms with van der Waals surface area (Å²) in [7, 11) is 0. The lowest BCUT2D eigenvalue weighted by atomic mass is 9.93. The Morgan fingerprint density at radius 1 is 1.40 bits per heavy atom. The SMILES string of the molecule is CC1c2ccccc2CCN1C(=O)C1CNCCO1.Cl. The van der Waals surface area contributed by atoms with E-state index in [1.165, 1.54) is 11.1 Å². The molecule has 2 heterocycles. The Morgan fingerprint density at radius 2 is 2.20 bits per heavy atom. The molecule has 2 atom stereocenters. The van der Waals surface area contributed by atoms with E-state index in [1.54, 1.807) is 0 Å². The van der Waals surface area contributed by atoms with Gasteiger partial charge in [0.1, 0.15) is 6.10 Å². The lowest BCUT2D eigenvalue weighted by Crippen LogP contribution is -2.51. The lowest BCUT2D eigenvalue weighted by molar-refractivity contribution is -0.147. The summed E-state index contributed by atoms with van der Waals surface area (Å²) in [5.41, 5.74) is 2.63. The number of fused-ring (bicyclic) bond motifs is 1. The van der Waals surface area contributed by atoms with Crippen molar-refractivity contribution < 1.29 is 9.53 Å². The molecule has 2 unspecified atom stereocenters. The maximum absolute atomic E-state index is 12.5. The molecule has 20 heavy (non-hydrogen) atoms. The average molecular weight is 297 g/mol. The second-order valence-electron chi connectivity index (χ2n) is 5.22. The van der Waals surface area contributed by atoms with Gasteiger partial charge in [0, 0.05) is 19.6 Å². The molecule has 4 nitrogen and oxygen atoms in total. The van der Waals surface area contributed by atoms with Gasteiger partial charge in [0.05, 0.1) is 12.6 Å². The van der Waals surface area contributed by atoms with Gasteiger partial charge in [0.15, 0.2) is 0 Å². The first kappa shape index (κ1) is 15.3. The zero-order valence-electron chi connectivity index (χ0n) is 11.7. The molecule has 0 saturated carbocycles. The van der Waals surface area contributed by atoms with Crippen molar-refractivity contribution in [3.63, 3.8) is 0 Å². The Bertz CT molecular complexity index is 475. The van der Waals surface area contributed by atoms with Crippen molar-refractivity contribution in [3.05, 3.63) is 35.4 Å². The number of carbonyl (C=O) groups is 1. The van der Waals surface area contributed by atoms with Gasteiger partial charge in [0.25, 0.3) is 5.91 Å². The Morgan fingerprint density at radius 3 is 2.95 bits per heavy atom. The minimum atomic E-state index is -0.318. The van der Waals surface area contributed by atoms with Gasteiger partial charge in [-0.05, 0) is 24.5 Å². The van der Waals surface area contributed by atoms with Gasteiger partial charge in [-0.3, -0.25) is 4.79 Å². The standard InChI is InChI=1S/C15H20N2O2.ClH/c1-11-13-5-3-2-4-12(13)6-8-17(11)15(18)14-10-16-7-9-19-14;/h2-5,11,14,16H,6-10H2,1H3;1H. The number of nitrogens with one attached hydrogen (secondary N) is 1. The fourth-order valence-electron chi connectivity index (χ4n) is 2.98. The van der Waals surface area contributed by atoms with Crippen LogP contribution in [0.15, 0.2) is 24.3 Å². The Balaban J connectivity index is 0.00000147. The maximum atomic E-state index is 12.5. The monoisotopic (exact) mass is 296 g/mol. The minimum Gasteiger partial charge on any atom is -0.366 e. The zero-order chi connectivity index (χ0) is 13.2. The predicted molar refractivity (Wildman–Crippen MR) is 80.1 cm³/mol. The average Bonchev–Trinajstić information content (AvgIpc) is 2.48. The second kappa shape index (κ2) is 6.57. The van der Waals surface area contributed by atoms with Crippen LogP contribution >= 0.6 is 12.4 Å². The number of hydrogen-bond donors (Lipinski definition) is 1. The van der Waals surface area contributed by atoms with Crippen LogP contribution in [0.25, 0.3) is 0 Å². The van der Waals surface area contributed by atoms with Crippen molar-refractivity contribution in [2.24, 2.45) is 0 Å². The molecule has 5 heteroatoms. The van der Waals surface area contributed by atoms with E-state index in [1.807, 2.05) is 11.0 Å². The molecule has 0 aromatic heterocycles. The Hall–Kier alpha value is -1.10. The van der Waals surface area contributed by atoms with E-state index in [9.17, 15) is 4.79 Å². The molecular weight excluding hydrogens is 276 g/mol. The summed E-state index contributed by atoms with van der Waals surface area (Å²) in [5, 5.41) is 3.22. The van der Waals surface area contributed by atoms with E-state index in [2.05, 4.69) is 30.4 Å². The molecule has 1 fully saturated rings. The van der Waals surface area contributed by atoms with Crippen molar-refractivity contribution in [2.45, 2.75) is 25.5 Å². The van der Waals surface area contributed by atoms with Crippen molar-refractivity contribution in [1.82, 2.24) is 10.2 Å². The van der Waals surface area contributed by atoms with Crippen LogP contribution in [0.4, 0.5) is 0 Å². The highest BCUT2D eigenvalue weighted by Crippen LogP contribution is 2.29. The van der Waals surface area contributed by atoms with E-state index in [4.69, 9.17) is 4.74 Å². The van der Waals surface area contributed by atoms with Gasteiger partial charge in [-0.25, -0.2) is 0 Å². The summed E-state index contributed by atoms with van der Waals surface area (Å²) in [6, 6.07) is 8.54. The second-order valence-corrected chi connectivity index (χ2v) is 5.22. The smallest absolute Gasteiger partial charge is 0.253 e. The van der Waals surface area contributed by atoms with Crippen LogP contribution in [0.5, 0.6) is 0 Å². The maximum Gasteiger partial charge on any atom is 0.253 e. The summed E-state index contributed by atoms with van der Waals surface area (Å²) >= 11 is 0. The zero-order valence-corrected chi connectivity index (χ0v) is 12.5. The number of morpholine rings is 1. The highest BCUT2D eigenvalue weighted by atomic mass is 35.5. The number of nitrogens with zero attached hydrogens (tertiary/aromatic N) is 1. The molecule has 0 aliphatic carbocycles. The molecule has 1 amide bonds. The first-order chi connectivity index (χ1) is 9.27. The predicted octanol–water partition coefficient (Wildman–Crippen LogP) is 1.54. The first-order valence-electron chi connectivity index (χ1n) is 6.98. The Labute approximate surface area is 125 Å². The number of ether oxygens (including phenoxy) is 1. The van der Waals surface area contributed by atoms with Gasteiger partial charge >= 0.3 is 0 Å². The van der Waals surface area contributed by atoms with Crippen LogP contribution in [0.2, 0.25) is 0 Å². The molecule has 2 aliphatic heterocycles. The van der Waals surface area contributed by atoms with Gasteiger partial charge in [-0.2, -0.15) is 0 Å². The fraction of sp³-hybridized carbons (Fsp3) is 0.533. The molecule has 110 valence electrons. The summed E-state index contributed by atoms with van der Waals surface area (Å²) in [6.45, 7) is 4.98. The molecule has 1 N–H and O–H groups in total. The van der Waals surface area contributed by atoms with Crippen LogP contribution < -0.4 is 5.32 Å². The normalized spacial score (nSPS) is 25.6. The molecule has 3 rings (SSSR count). The largest absolute Gasteiger partial charge is 0.366 e. The molecular formula is C15H21ClN2O2. The fourth-order valence-corrected chi connectivity index (χ4v) is 2.98. The highest BCUT2D eigenvalue weighted by molar-refractivity contribution is 5.85. The summed E-state index contributed by atoms with van der Waals surface area (Å²) < 4.78 is 5.58. The molecule has 0 radical (unpaired) electrons. The third-order valence-electron chi connectivity index (χ3n) is 4.08. The number of halogens is 1. The number of benzene rings is 1. The van der Waals surface area contributed by atoms with E-state index in [-0.39, 0.29) is 30.5 Å². The van der Waals surface area contributed by atoms with Crippen molar-refractivity contribution >= 4 is 18.3 Å². The molecule has 1 saturated heterocycles. The molecule has 1 aromatic rings. The third kappa shape index (κ3) is 2.82. The van der Waals surface area contributed by atoms with Crippen LogP contribution in [0.1, 0.15) is 24.1 Å². The molecule has 0 spiro atoms. The molecule has 1 aromatic carbocycles. The molecule has 2 aliphatic rings. The van der Waals surface area contributed by atoms with Gasteiger partial charge in [0.2, 0.25) is 0 Å². The Kier molecular flexibility index (Phi) is 5.02. The van der Waals surface area contributed by atoms with E-state index < -0.39 is 0 Å². The van der Waals surface area contributed by atoms with Gasteiger partial charge in [-0.15, -0.1) is 12.4 Å². The van der Waals surface area contributed by atoms with Crippen molar-refractivity contribution in [1.29, 1.82) is 0 Å². The van der Waals surface area contributed by atoms with Gasteiger partial charge in [-0.1, -0.05) is 24.3 Å². The van der Waals surface area contributed by atoms with E-state index in [0.29, 0.717) is 13.2 Å². The first-order valence-corrected chi connectivity index (χ1v) is 6.98. The van der Waals surface area contributed by atoms with Gasteiger partial charge < -0.3 is 15.0 Å². The number of carbonyl (C=O) groups excluding carboxylic acids is 1. The summed E-state index contributed by atoms with van der Waals surface area (Å²) in [5.74, 6) is 0.120. The van der Waals surface area contributed by atoms with Crippen LogP contribution in [0.3, 0.4) is 0 Å². The highest BCUT2D eigenvalue weighted by Gasteiger charge is 2.32. The topological polar surface area (TPSA) is 41.6 Å². The quantitative estimate of drug-likeness (QED) is 0.855. The minimum absolute atomic E-state index is 0. The van der Waals surface area contributed by atoms with Crippen molar-refractivity contribution in [2.75, 3.05) is 26.2 Å². The number of rotatable bonds is 1. The van der Waals surface area contributed by atoms with Crippen LogP contribution in [-0.4, -0.2) is 43.2 Å². The van der Waals surface area contributed by atoms with E-state index >= 15 is 0 Å². The number of amides is 1. The van der Waals surface area contributed by atoms with Crippen LogP contribution in [0, 0.1) is 0 Å². The van der Waals surface area contributed by atoms with E-state index in [0.717, 1.165) is 19.5 Å². The summed E-state index contributed by atoms with van der Waals surface area (Å²) in [4.78, 5) is 14.5. The molecule has 0 bridgehead atoms. The third-order valence-corrected chi connectivity index (χ3v) is 4.08. The van der Waals surface area contributed by atoms with Crippen molar-refractivity contribution in [3.8, 4) is 0 Å². The van der Waals surface area contributed by atoms with Crippen LogP contribution in [-0.2, 0) is 16.0 Å². The number of hydrogen-bond acceptors (Lipinski definition) is 3. The lowest BCUT2D eigenvalue weighted by Gasteiger charge is -2.38.